The van der Waals surface area contributed by atoms with Crippen LogP contribution in [0.15, 0.2) is 55.2 Å². The fraction of sp³-hybridized carbons (Fsp3) is 0.167. The highest BCUT2D eigenvalue weighted by atomic mass is 35.5. The van der Waals surface area contributed by atoms with E-state index in [9.17, 15) is 4.79 Å². The molecule has 1 aliphatic rings. The van der Waals surface area contributed by atoms with Gasteiger partial charge in [0.05, 0.1) is 12.0 Å². The topological polar surface area (TPSA) is 59.8 Å². The van der Waals surface area contributed by atoms with Gasteiger partial charge in [0.15, 0.2) is 0 Å². The zero-order valence-electron chi connectivity index (χ0n) is 12.8. The van der Waals surface area contributed by atoms with Crippen LogP contribution in [-0.4, -0.2) is 26.5 Å². The molecule has 1 amide bonds. The second-order valence-corrected chi connectivity index (χ2v) is 6.30. The first-order chi connectivity index (χ1) is 11.7. The Morgan fingerprint density at radius 3 is 2.88 bits per heavy atom. The summed E-state index contributed by atoms with van der Waals surface area (Å²) in [6.07, 6.45) is 8.46. The van der Waals surface area contributed by atoms with Gasteiger partial charge in [-0.25, -0.2) is 4.98 Å². The van der Waals surface area contributed by atoms with Crippen molar-refractivity contribution in [1.82, 2.24) is 19.9 Å². The summed E-state index contributed by atoms with van der Waals surface area (Å²) in [5, 5.41) is 3.80. The molecule has 0 spiro atoms. The van der Waals surface area contributed by atoms with E-state index in [1.165, 1.54) is 11.1 Å². The minimum absolute atomic E-state index is 0.0738. The first kappa shape index (κ1) is 14.9. The van der Waals surface area contributed by atoms with Crippen molar-refractivity contribution >= 4 is 17.5 Å². The number of rotatable bonds is 3. The Kier molecular flexibility index (Phi) is 3.78. The van der Waals surface area contributed by atoms with Gasteiger partial charge in [-0.1, -0.05) is 17.7 Å². The van der Waals surface area contributed by atoms with E-state index in [0.717, 1.165) is 23.6 Å². The lowest BCUT2D eigenvalue weighted by Crippen LogP contribution is -2.35. The Hall–Kier alpha value is -2.66. The van der Waals surface area contributed by atoms with Gasteiger partial charge in [0.1, 0.15) is 5.69 Å². The number of fused-ring (bicyclic) bond motifs is 1. The van der Waals surface area contributed by atoms with Crippen LogP contribution in [0.25, 0.3) is 5.69 Å². The predicted molar refractivity (Wildman–Crippen MR) is 91.5 cm³/mol. The first-order valence-electron chi connectivity index (χ1n) is 7.71. The van der Waals surface area contributed by atoms with Crippen molar-refractivity contribution in [2.45, 2.75) is 18.9 Å². The van der Waals surface area contributed by atoms with Gasteiger partial charge in [0, 0.05) is 29.7 Å². The third-order valence-electron chi connectivity index (χ3n) is 4.21. The monoisotopic (exact) mass is 338 g/mol. The minimum Gasteiger partial charge on any atom is -0.347 e. The molecule has 3 aromatic rings. The molecule has 2 aromatic heterocycles. The van der Waals surface area contributed by atoms with Crippen molar-refractivity contribution in [3.63, 3.8) is 0 Å². The van der Waals surface area contributed by atoms with Crippen LogP contribution in [0.1, 0.15) is 21.6 Å². The molecular weight excluding hydrogens is 324 g/mol. The SMILES string of the molecule is O=C(N[C@H]1Cc2ccc(Cl)cc2C1)c1cc(-n2ccnc2)ccn1. The standard InChI is InChI=1S/C18H15ClN4O/c19-14-2-1-12-8-15(9-13(12)7-14)22-18(24)17-10-16(3-4-21-17)23-6-5-20-11-23/h1-7,10-11,15H,8-9H2,(H,22,24)/t15-/m0/s1. The molecule has 0 unspecified atom stereocenters. The number of carbonyl (C=O) groups excluding carboxylic acids is 1. The summed E-state index contributed by atoms with van der Waals surface area (Å²) in [7, 11) is 0. The number of benzene rings is 1. The molecular formula is C18H15ClN4O. The number of hydrogen-bond acceptors (Lipinski definition) is 3. The van der Waals surface area contributed by atoms with Crippen LogP contribution in [-0.2, 0) is 12.8 Å². The van der Waals surface area contributed by atoms with Crippen LogP contribution in [0.5, 0.6) is 0 Å². The van der Waals surface area contributed by atoms with Crippen molar-refractivity contribution in [3.05, 3.63) is 77.1 Å². The molecule has 0 bridgehead atoms. The lowest BCUT2D eigenvalue weighted by atomic mass is 10.1. The fourth-order valence-electron chi connectivity index (χ4n) is 3.06. The molecule has 1 N–H and O–H groups in total. The molecule has 4 rings (SSSR count). The van der Waals surface area contributed by atoms with E-state index in [0.29, 0.717) is 5.69 Å². The molecule has 0 saturated heterocycles. The highest BCUT2D eigenvalue weighted by Gasteiger charge is 2.24. The number of nitrogens with zero attached hydrogens (tertiary/aromatic N) is 3. The van der Waals surface area contributed by atoms with E-state index < -0.39 is 0 Å². The van der Waals surface area contributed by atoms with Crippen LogP contribution in [0.4, 0.5) is 0 Å². The zero-order chi connectivity index (χ0) is 16.5. The summed E-state index contributed by atoms with van der Waals surface area (Å²) in [6, 6.07) is 9.57. The van der Waals surface area contributed by atoms with Crippen molar-refractivity contribution in [2.24, 2.45) is 0 Å². The quantitative estimate of drug-likeness (QED) is 0.799. The molecule has 0 saturated carbocycles. The summed E-state index contributed by atoms with van der Waals surface area (Å²) in [4.78, 5) is 20.7. The molecule has 0 aliphatic heterocycles. The third-order valence-corrected chi connectivity index (χ3v) is 4.45. The molecule has 1 aromatic carbocycles. The molecule has 120 valence electrons. The Labute approximate surface area is 144 Å². The summed E-state index contributed by atoms with van der Waals surface area (Å²) < 4.78 is 1.84. The average molecular weight is 339 g/mol. The summed E-state index contributed by atoms with van der Waals surface area (Å²) >= 11 is 6.03. The van der Waals surface area contributed by atoms with E-state index in [1.54, 1.807) is 24.8 Å². The summed E-state index contributed by atoms with van der Waals surface area (Å²) in [5.74, 6) is -0.166. The van der Waals surface area contributed by atoms with E-state index >= 15 is 0 Å². The van der Waals surface area contributed by atoms with E-state index in [-0.39, 0.29) is 11.9 Å². The summed E-state index contributed by atoms with van der Waals surface area (Å²) in [5.41, 5.74) is 3.70. The smallest absolute Gasteiger partial charge is 0.270 e. The van der Waals surface area contributed by atoms with Crippen molar-refractivity contribution in [2.75, 3.05) is 0 Å². The number of hydrogen-bond donors (Lipinski definition) is 1. The van der Waals surface area contributed by atoms with Gasteiger partial charge >= 0.3 is 0 Å². The van der Waals surface area contributed by atoms with Crippen molar-refractivity contribution in [1.29, 1.82) is 0 Å². The first-order valence-corrected chi connectivity index (χ1v) is 8.09. The van der Waals surface area contributed by atoms with Crippen molar-refractivity contribution in [3.8, 4) is 5.69 Å². The molecule has 1 aliphatic carbocycles. The molecule has 6 heteroatoms. The van der Waals surface area contributed by atoms with Gasteiger partial charge in [-0.15, -0.1) is 0 Å². The van der Waals surface area contributed by atoms with Crippen molar-refractivity contribution < 1.29 is 4.79 Å². The third kappa shape index (κ3) is 2.90. The van der Waals surface area contributed by atoms with Crippen LogP contribution < -0.4 is 5.32 Å². The van der Waals surface area contributed by atoms with E-state index in [4.69, 9.17) is 11.6 Å². The average Bonchev–Trinajstić information content (AvgIpc) is 3.23. The fourth-order valence-corrected chi connectivity index (χ4v) is 3.26. The highest BCUT2D eigenvalue weighted by Crippen LogP contribution is 2.25. The van der Waals surface area contributed by atoms with Gasteiger partial charge in [-0.3, -0.25) is 9.78 Å². The van der Waals surface area contributed by atoms with Gasteiger partial charge in [0.25, 0.3) is 5.91 Å². The molecule has 24 heavy (non-hydrogen) atoms. The molecule has 0 fully saturated rings. The van der Waals surface area contributed by atoms with Crippen LogP contribution in [0.2, 0.25) is 5.02 Å². The number of amides is 1. The van der Waals surface area contributed by atoms with Gasteiger partial charge in [-0.05, 0) is 48.2 Å². The van der Waals surface area contributed by atoms with Crippen LogP contribution in [0.3, 0.4) is 0 Å². The largest absolute Gasteiger partial charge is 0.347 e. The number of aromatic nitrogens is 3. The van der Waals surface area contributed by atoms with Crippen LogP contribution in [0, 0.1) is 0 Å². The van der Waals surface area contributed by atoms with Gasteiger partial charge < -0.3 is 9.88 Å². The minimum atomic E-state index is -0.166. The van der Waals surface area contributed by atoms with Gasteiger partial charge in [-0.2, -0.15) is 0 Å². The molecule has 0 radical (unpaired) electrons. The predicted octanol–water partition coefficient (Wildman–Crippen LogP) is 2.82. The normalized spacial score (nSPS) is 16.0. The zero-order valence-corrected chi connectivity index (χ0v) is 13.6. The van der Waals surface area contributed by atoms with E-state index in [1.807, 2.05) is 35.0 Å². The lowest BCUT2D eigenvalue weighted by Gasteiger charge is -2.12. The maximum Gasteiger partial charge on any atom is 0.270 e. The molecule has 2 heterocycles. The highest BCUT2D eigenvalue weighted by molar-refractivity contribution is 6.30. The maximum absolute atomic E-state index is 12.5. The number of halogens is 1. The lowest BCUT2D eigenvalue weighted by molar-refractivity contribution is 0.0933. The Morgan fingerprint density at radius 2 is 2.04 bits per heavy atom. The van der Waals surface area contributed by atoms with Crippen LogP contribution >= 0.6 is 11.6 Å². The number of imidazole rings is 1. The van der Waals surface area contributed by atoms with Gasteiger partial charge in [0.2, 0.25) is 0 Å². The number of pyridine rings is 1. The maximum atomic E-state index is 12.5. The summed E-state index contributed by atoms with van der Waals surface area (Å²) in [6.45, 7) is 0. The Morgan fingerprint density at radius 1 is 1.17 bits per heavy atom. The Bertz CT molecular complexity index is 892. The van der Waals surface area contributed by atoms with E-state index in [2.05, 4.69) is 15.3 Å². The second-order valence-electron chi connectivity index (χ2n) is 5.86. The molecule has 1 atom stereocenters. The number of nitrogens with one attached hydrogen (secondary N) is 1. The Balaban J connectivity index is 1.49. The number of carbonyl (C=O) groups is 1. The molecule has 5 nitrogen and oxygen atoms in total. The second kappa shape index (κ2) is 6.09.